The molecule has 1 aliphatic rings. The number of benzene rings is 3. The molecule has 0 radical (unpaired) electrons. The second-order valence-corrected chi connectivity index (χ2v) is 9.12. The Kier molecular flexibility index (Phi) is 6.68. The van der Waals surface area contributed by atoms with E-state index < -0.39 is 5.97 Å². The molecule has 0 aliphatic heterocycles. The lowest BCUT2D eigenvalue weighted by Crippen LogP contribution is -2.12. The van der Waals surface area contributed by atoms with Crippen LogP contribution in [0.5, 0.6) is 5.75 Å². The minimum absolute atomic E-state index is 0.0404. The molecule has 1 atom stereocenters. The summed E-state index contributed by atoms with van der Waals surface area (Å²) in [5, 5.41) is 14.3. The molecule has 1 N–H and O–H groups in total. The highest BCUT2D eigenvalue weighted by Gasteiger charge is 2.20. The molecule has 6 heteroatoms. The van der Waals surface area contributed by atoms with Crippen molar-refractivity contribution in [2.45, 2.75) is 25.3 Å². The fourth-order valence-electron chi connectivity index (χ4n) is 4.69. The molecule has 0 spiro atoms. The van der Waals surface area contributed by atoms with Crippen molar-refractivity contribution in [2.24, 2.45) is 0 Å². The van der Waals surface area contributed by atoms with Gasteiger partial charge in [-0.25, -0.2) is 4.79 Å². The van der Waals surface area contributed by atoms with Crippen LogP contribution in [0.3, 0.4) is 0 Å². The third-order valence-electron chi connectivity index (χ3n) is 6.24. The summed E-state index contributed by atoms with van der Waals surface area (Å²) >= 11 is 6.32. The van der Waals surface area contributed by atoms with Crippen LogP contribution in [0.2, 0.25) is 5.02 Å². The van der Waals surface area contributed by atoms with Crippen LogP contribution in [0.15, 0.2) is 90.8 Å². The number of nitrogens with zero attached hydrogens (tertiary/aromatic N) is 2. The van der Waals surface area contributed by atoms with Gasteiger partial charge in [0.1, 0.15) is 5.75 Å². The third kappa shape index (κ3) is 5.31. The summed E-state index contributed by atoms with van der Waals surface area (Å²) in [6.45, 7) is 0.356. The SMILES string of the molecule is O=C(O)COc1cccc2c1CCC(Cn1cc(C(c3ccccc3)c3cccc(Cl)c3)cn1)=C2. The van der Waals surface area contributed by atoms with Crippen molar-refractivity contribution in [1.29, 1.82) is 0 Å². The van der Waals surface area contributed by atoms with E-state index in [4.69, 9.17) is 21.4 Å². The predicted molar refractivity (Wildman–Crippen MR) is 137 cm³/mol. The highest BCUT2D eigenvalue weighted by atomic mass is 35.5. The number of hydrogen-bond donors (Lipinski definition) is 1. The third-order valence-corrected chi connectivity index (χ3v) is 6.48. The zero-order valence-electron chi connectivity index (χ0n) is 19.1. The number of allylic oxidation sites excluding steroid dienone is 1. The Morgan fingerprint density at radius 2 is 1.80 bits per heavy atom. The maximum absolute atomic E-state index is 10.9. The first-order chi connectivity index (χ1) is 17.1. The van der Waals surface area contributed by atoms with Crippen LogP contribution >= 0.6 is 11.6 Å². The van der Waals surface area contributed by atoms with Crippen LogP contribution in [-0.2, 0) is 17.8 Å². The van der Waals surface area contributed by atoms with E-state index in [0.717, 1.165) is 35.1 Å². The summed E-state index contributed by atoms with van der Waals surface area (Å²) in [6, 6.07) is 24.2. The summed E-state index contributed by atoms with van der Waals surface area (Å²) < 4.78 is 7.47. The number of aliphatic carboxylic acids is 1. The van der Waals surface area contributed by atoms with Crippen molar-refractivity contribution in [1.82, 2.24) is 9.78 Å². The molecule has 0 saturated carbocycles. The first-order valence-electron chi connectivity index (χ1n) is 11.6. The molecule has 1 heterocycles. The number of fused-ring (bicyclic) bond motifs is 1. The van der Waals surface area contributed by atoms with Crippen LogP contribution in [-0.4, -0.2) is 27.5 Å². The van der Waals surface area contributed by atoms with Gasteiger partial charge < -0.3 is 9.84 Å². The second-order valence-electron chi connectivity index (χ2n) is 8.68. The average molecular weight is 485 g/mol. The van der Waals surface area contributed by atoms with Crippen LogP contribution in [0, 0.1) is 0 Å². The van der Waals surface area contributed by atoms with Gasteiger partial charge in [0.05, 0.1) is 12.7 Å². The van der Waals surface area contributed by atoms with Crippen molar-refractivity contribution in [3.8, 4) is 5.75 Å². The van der Waals surface area contributed by atoms with E-state index in [2.05, 4.69) is 47.7 Å². The van der Waals surface area contributed by atoms with Crippen molar-refractivity contribution >= 4 is 23.6 Å². The van der Waals surface area contributed by atoms with Gasteiger partial charge >= 0.3 is 5.97 Å². The first-order valence-corrected chi connectivity index (χ1v) is 11.9. The minimum Gasteiger partial charge on any atom is -0.482 e. The maximum Gasteiger partial charge on any atom is 0.341 e. The van der Waals surface area contributed by atoms with Gasteiger partial charge in [0, 0.05) is 28.3 Å². The number of carboxylic acids is 1. The summed E-state index contributed by atoms with van der Waals surface area (Å²) in [4.78, 5) is 10.9. The maximum atomic E-state index is 10.9. The zero-order chi connectivity index (χ0) is 24.2. The van der Waals surface area contributed by atoms with Crippen molar-refractivity contribution < 1.29 is 14.6 Å². The monoisotopic (exact) mass is 484 g/mol. The highest BCUT2D eigenvalue weighted by Crippen LogP contribution is 2.34. The number of carbonyl (C=O) groups is 1. The van der Waals surface area contributed by atoms with E-state index in [9.17, 15) is 4.79 Å². The van der Waals surface area contributed by atoms with E-state index >= 15 is 0 Å². The molecule has 1 aliphatic carbocycles. The van der Waals surface area contributed by atoms with E-state index in [-0.39, 0.29) is 12.5 Å². The molecule has 0 fully saturated rings. The molecule has 0 amide bonds. The van der Waals surface area contributed by atoms with Gasteiger partial charge in [0.15, 0.2) is 6.61 Å². The Morgan fingerprint density at radius 3 is 2.60 bits per heavy atom. The van der Waals surface area contributed by atoms with Crippen LogP contribution < -0.4 is 4.74 Å². The highest BCUT2D eigenvalue weighted by molar-refractivity contribution is 6.30. The molecular weight excluding hydrogens is 460 g/mol. The molecule has 4 aromatic rings. The molecule has 5 rings (SSSR count). The van der Waals surface area contributed by atoms with Gasteiger partial charge in [-0.05, 0) is 53.3 Å². The number of rotatable bonds is 8. The number of ether oxygens (including phenoxy) is 1. The number of carboxylic acid groups (broad SMARTS) is 1. The molecule has 0 saturated heterocycles. The standard InChI is InChI=1S/C29H25ClN2O3/c30-25-10-4-9-23(15-25)29(21-6-2-1-3-7-21)24-16-31-32(18-24)17-20-12-13-26-22(14-20)8-5-11-27(26)35-19-28(33)34/h1-11,14-16,18,29H,12-13,17,19H2,(H,33,34). The van der Waals surface area contributed by atoms with Crippen LogP contribution in [0.1, 0.15) is 40.2 Å². The Hall–Kier alpha value is -3.83. The summed E-state index contributed by atoms with van der Waals surface area (Å²) in [6.07, 6.45) is 7.89. The minimum atomic E-state index is -0.976. The molecule has 35 heavy (non-hydrogen) atoms. The Balaban J connectivity index is 1.40. The Morgan fingerprint density at radius 1 is 1.00 bits per heavy atom. The molecule has 1 unspecified atom stereocenters. The van der Waals surface area contributed by atoms with Gasteiger partial charge in [-0.2, -0.15) is 5.10 Å². The van der Waals surface area contributed by atoms with Gasteiger partial charge in [-0.15, -0.1) is 0 Å². The molecule has 176 valence electrons. The van der Waals surface area contributed by atoms with E-state index in [1.807, 2.05) is 53.3 Å². The van der Waals surface area contributed by atoms with E-state index in [1.165, 1.54) is 11.1 Å². The van der Waals surface area contributed by atoms with Gasteiger partial charge in [-0.3, -0.25) is 4.68 Å². The fourth-order valence-corrected chi connectivity index (χ4v) is 4.89. The summed E-state index contributed by atoms with van der Waals surface area (Å²) in [5.41, 5.74) is 6.82. The zero-order valence-corrected chi connectivity index (χ0v) is 19.9. The molecular formula is C29H25ClN2O3. The van der Waals surface area contributed by atoms with Crippen LogP contribution in [0.4, 0.5) is 0 Å². The second kappa shape index (κ2) is 10.2. The first kappa shape index (κ1) is 22.9. The quantitative estimate of drug-likeness (QED) is 0.323. The largest absolute Gasteiger partial charge is 0.482 e. The molecule has 3 aromatic carbocycles. The van der Waals surface area contributed by atoms with Crippen molar-refractivity contribution in [3.05, 3.63) is 124 Å². The summed E-state index contributed by atoms with van der Waals surface area (Å²) in [5.74, 6) is -0.289. The topological polar surface area (TPSA) is 64.3 Å². The normalized spacial score (nSPS) is 13.6. The van der Waals surface area contributed by atoms with Crippen molar-refractivity contribution in [3.63, 3.8) is 0 Å². The van der Waals surface area contributed by atoms with Crippen molar-refractivity contribution in [2.75, 3.05) is 6.61 Å². The average Bonchev–Trinajstić information content (AvgIpc) is 3.31. The Bertz CT molecular complexity index is 1380. The van der Waals surface area contributed by atoms with Gasteiger partial charge in [0.25, 0.3) is 0 Å². The lowest BCUT2D eigenvalue weighted by Gasteiger charge is -2.20. The van der Waals surface area contributed by atoms with E-state index in [0.29, 0.717) is 17.3 Å². The molecule has 0 bridgehead atoms. The van der Waals surface area contributed by atoms with Gasteiger partial charge in [-0.1, -0.05) is 72.3 Å². The predicted octanol–water partition coefficient (Wildman–Crippen LogP) is 6.21. The number of hydrogen-bond acceptors (Lipinski definition) is 3. The number of aromatic nitrogens is 2. The molecule has 1 aromatic heterocycles. The fraction of sp³-hybridized carbons (Fsp3) is 0.172. The van der Waals surface area contributed by atoms with Gasteiger partial charge in [0.2, 0.25) is 0 Å². The summed E-state index contributed by atoms with van der Waals surface area (Å²) in [7, 11) is 0. The lowest BCUT2D eigenvalue weighted by atomic mass is 9.87. The van der Waals surface area contributed by atoms with E-state index in [1.54, 1.807) is 0 Å². The lowest BCUT2D eigenvalue weighted by molar-refractivity contribution is -0.139. The Labute approximate surface area is 209 Å². The van der Waals surface area contributed by atoms with Crippen LogP contribution in [0.25, 0.3) is 6.08 Å². The number of halogens is 1. The smallest absolute Gasteiger partial charge is 0.341 e. The molecule has 5 nitrogen and oxygen atoms in total.